The number of unbranched alkanes of at least 4 members (excludes halogenated alkanes) is 5. The van der Waals surface area contributed by atoms with E-state index in [1.807, 2.05) is 18.3 Å². The van der Waals surface area contributed by atoms with Gasteiger partial charge in [-0.3, -0.25) is 9.78 Å². The number of carbonyl (C=O) groups excluding carboxylic acids is 1. The zero-order chi connectivity index (χ0) is 15.6. The maximum absolute atomic E-state index is 11.6. The number of aryl methyl sites for hydroxylation is 1. The molecule has 2 heterocycles. The normalized spacial score (nSPS) is 20.3. The highest BCUT2D eigenvalue weighted by molar-refractivity contribution is 5.78. The van der Waals surface area contributed by atoms with Crippen LogP contribution in [0.4, 0.5) is 0 Å². The van der Waals surface area contributed by atoms with Gasteiger partial charge in [0.1, 0.15) is 6.10 Å². The second-order valence-corrected chi connectivity index (χ2v) is 6.12. The van der Waals surface area contributed by atoms with Gasteiger partial charge in [0.25, 0.3) is 0 Å². The second-order valence-electron chi connectivity index (χ2n) is 6.12. The van der Waals surface area contributed by atoms with Crippen molar-refractivity contribution < 1.29 is 9.53 Å². The minimum atomic E-state index is 0.00263. The first-order chi connectivity index (χ1) is 10.8. The minimum Gasteiger partial charge on any atom is -0.461 e. The van der Waals surface area contributed by atoms with E-state index in [1.165, 1.54) is 31.2 Å². The molecular formula is C19H27NO2. The van der Waals surface area contributed by atoms with Crippen LogP contribution in [-0.2, 0) is 16.0 Å². The number of rotatable bonds is 11. The standard InChI is InChI=1S/C19H27NO2/c1-2-3-4-5-6-7-8-11-17-18(22-19(17)21)13-12-16-10-9-14-20-15-16/h2,9-10,14-15,17-18H,1,3-8,11-13H2/t17-,18-/m0/s1. The Morgan fingerprint density at radius 1 is 1.18 bits per heavy atom. The Bertz CT molecular complexity index is 458. The fourth-order valence-corrected chi connectivity index (χ4v) is 3.00. The van der Waals surface area contributed by atoms with Crippen LogP contribution in [0.2, 0.25) is 0 Å². The average Bonchev–Trinajstić information content (AvgIpc) is 2.54. The van der Waals surface area contributed by atoms with Crippen molar-refractivity contribution in [2.24, 2.45) is 5.92 Å². The Balaban J connectivity index is 1.59. The van der Waals surface area contributed by atoms with Gasteiger partial charge in [-0.05, 0) is 43.7 Å². The number of esters is 1. The van der Waals surface area contributed by atoms with Crippen LogP contribution >= 0.6 is 0 Å². The van der Waals surface area contributed by atoms with Crippen molar-refractivity contribution in [1.82, 2.24) is 4.98 Å². The van der Waals surface area contributed by atoms with Crippen LogP contribution in [0.3, 0.4) is 0 Å². The van der Waals surface area contributed by atoms with Gasteiger partial charge < -0.3 is 4.74 Å². The SMILES string of the molecule is C=CCCCCCCC[C@@H]1C(=O)O[C@H]1CCc1cccnc1. The van der Waals surface area contributed by atoms with Crippen molar-refractivity contribution in [3.63, 3.8) is 0 Å². The molecule has 1 aromatic rings. The number of cyclic esters (lactones) is 1. The number of ether oxygens (including phenoxy) is 1. The third-order valence-corrected chi connectivity index (χ3v) is 4.38. The van der Waals surface area contributed by atoms with Crippen LogP contribution in [0.5, 0.6) is 0 Å². The number of aromatic nitrogens is 1. The summed E-state index contributed by atoms with van der Waals surface area (Å²) in [5.41, 5.74) is 1.21. The fourth-order valence-electron chi connectivity index (χ4n) is 3.00. The van der Waals surface area contributed by atoms with Crippen molar-refractivity contribution in [2.75, 3.05) is 0 Å². The molecule has 1 aromatic heterocycles. The van der Waals surface area contributed by atoms with Gasteiger partial charge in [0.05, 0.1) is 5.92 Å². The number of nitrogens with zero attached hydrogens (tertiary/aromatic N) is 1. The van der Waals surface area contributed by atoms with E-state index in [9.17, 15) is 4.79 Å². The van der Waals surface area contributed by atoms with Gasteiger partial charge >= 0.3 is 5.97 Å². The number of allylic oxidation sites excluding steroid dienone is 1. The Morgan fingerprint density at radius 2 is 2.00 bits per heavy atom. The molecule has 3 heteroatoms. The van der Waals surface area contributed by atoms with E-state index in [1.54, 1.807) is 6.20 Å². The smallest absolute Gasteiger partial charge is 0.313 e. The van der Waals surface area contributed by atoms with Gasteiger partial charge in [0, 0.05) is 12.4 Å². The lowest BCUT2D eigenvalue weighted by molar-refractivity contribution is -0.185. The van der Waals surface area contributed by atoms with Crippen LogP contribution in [0.15, 0.2) is 37.2 Å². The fraction of sp³-hybridized carbons (Fsp3) is 0.579. The monoisotopic (exact) mass is 301 g/mol. The first kappa shape index (κ1) is 16.7. The van der Waals surface area contributed by atoms with E-state index in [0.29, 0.717) is 0 Å². The summed E-state index contributed by atoms with van der Waals surface area (Å²) in [6.07, 6.45) is 15.8. The molecule has 120 valence electrons. The van der Waals surface area contributed by atoms with Crippen molar-refractivity contribution in [1.29, 1.82) is 0 Å². The van der Waals surface area contributed by atoms with Gasteiger partial charge in [0.15, 0.2) is 0 Å². The molecule has 0 saturated carbocycles. The van der Waals surface area contributed by atoms with Gasteiger partial charge in [-0.2, -0.15) is 0 Å². The molecule has 0 bridgehead atoms. The molecule has 3 nitrogen and oxygen atoms in total. The molecule has 2 rings (SSSR count). The molecule has 1 aliphatic heterocycles. The summed E-state index contributed by atoms with van der Waals surface area (Å²) in [5.74, 6) is 0.132. The topological polar surface area (TPSA) is 39.2 Å². The van der Waals surface area contributed by atoms with Crippen molar-refractivity contribution in [3.8, 4) is 0 Å². The Kier molecular flexibility index (Phi) is 7.14. The lowest BCUT2D eigenvalue weighted by atomic mass is 9.87. The van der Waals surface area contributed by atoms with Crippen molar-refractivity contribution >= 4 is 5.97 Å². The van der Waals surface area contributed by atoms with E-state index >= 15 is 0 Å². The van der Waals surface area contributed by atoms with Crippen LogP contribution in [0, 0.1) is 5.92 Å². The van der Waals surface area contributed by atoms with E-state index in [-0.39, 0.29) is 18.0 Å². The lowest BCUT2D eigenvalue weighted by Crippen LogP contribution is -2.45. The van der Waals surface area contributed by atoms with Gasteiger partial charge in [0.2, 0.25) is 0 Å². The van der Waals surface area contributed by atoms with Crippen LogP contribution in [-0.4, -0.2) is 17.1 Å². The molecule has 1 saturated heterocycles. The Morgan fingerprint density at radius 3 is 2.73 bits per heavy atom. The quantitative estimate of drug-likeness (QED) is 0.344. The summed E-state index contributed by atoms with van der Waals surface area (Å²) in [4.78, 5) is 15.7. The molecule has 0 amide bonds. The first-order valence-corrected chi connectivity index (χ1v) is 8.51. The number of pyridine rings is 1. The highest BCUT2D eigenvalue weighted by atomic mass is 16.6. The summed E-state index contributed by atoms with van der Waals surface area (Å²) in [6, 6.07) is 4.03. The molecule has 0 radical (unpaired) electrons. The highest BCUT2D eigenvalue weighted by Crippen LogP contribution is 2.31. The third-order valence-electron chi connectivity index (χ3n) is 4.38. The number of hydrogen-bond acceptors (Lipinski definition) is 3. The lowest BCUT2D eigenvalue weighted by Gasteiger charge is -2.35. The minimum absolute atomic E-state index is 0.00263. The Hall–Kier alpha value is -1.64. The van der Waals surface area contributed by atoms with Crippen LogP contribution < -0.4 is 0 Å². The second kappa shape index (κ2) is 9.39. The molecule has 0 spiro atoms. The third kappa shape index (κ3) is 5.28. The van der Waals surface area contributed by atoms with Gasteiger partial charge in [-0.1, -0.05) is 37.8 Å². The van der Waals surface area contributed by atoms with Crippen LogP contribution in [0.25, 0.3) is 0 Å². The Labute approximate surface area is 133 Å². The average molecular weight is 301 g/mol. The van der Waals surface area contributed by atoms with E-state index in [4.69, 9.17) is 4.74 Å². The largest absolute Gasteiger partial charge is 0.461 e. The summed E-state index contributed by atoms with van der Waals surface area (Å²) < 4.78 is 5.31. The van der Waals surface area contributed by atoms with E-state index < -0.39 is 0 Å². The molecule has 0 aromatic carbocycles. The molecule has 22 heavy (non-hydrogen) atoms. The molecule has 1 aliphatic rings. The highest BCUT2D eigenvalue weighted by Gasteiger charge is 2.40. The van der Waals surface area contributed by atoms with Gasteiger partial charge in [-0.15, -0.1) is 6.58 Å². The molecule has 0 unspecified atom stereocenters. The number of hydrogen-bond donors (Lipinski definition) is 0. The summed E-state index contributed by atoms with van der Waals surface area (Å²) in [7, 11) is 0. The van der Waals surface area contributed by atoms with Crippen molar-refractivity contribution in [3.05, 3.63) is 42.7 Å². The zero-order valence-corrected chi connectivity index (χ0v) is 13.4. The maximum atomic E-state index is 11.6. The van der Waals surface area contributed by atoms with E-state index in [0.717, 1.165) is 32.1 Å². The maximum Gasteiger partial charge on any atom is 0.313 e. The predicted molar refractivity (Wildman–Crippen MR) is 88.4 cm³/mol. The first-order valence-electron chi connectivity index (χ1n) is 8.51. The summed E-state index contributed by atoms with van der Waals surface area (Å²) >= 11 is 0. The predicted octanol–water partition coefficient (Wildman–Crippen LogP) is 4.47. The molecule has 0 aliphatic carbocycles. The summed E-state index contributed by atoms with van der Waals surface area (Å²) in [5, 5.41) is 0. The number of carbonyl (C=O) groups is 1. The van der Waals surface area contributed by atoms with E-state index in [2.05, 4.69) is 17.6 Å². The molecule has 1 fully saturated rings. The molecular weight excluding hydrogens is 274 g/mol. The zero-order valence-electron chi connectivity index (χ0n) is 13.4. The van der Waals surface area contributed by atoms with Crippen LogP contribution in [0.1, 0.15) is 56.9 Å². The van der Waals surface area contributed by atoms with Gasteiger partial charge in [-0.25, -0.2) is 0 Å². The van der Waals surface area contributed by atoms with Crippen molar-refractivity contribution in [2.45, 2.75) is 63.9 Å². The molecule has 2 atom stereocenters. The summed E-state index contributed by atoms with van der Waals surface area (Å²) in [6.45, 7) is 3.74. The molecule has 0 N–H and O–H groups in total.